The third kappa shape index (κ3) is 4.60. The normalized spacial score (nSPS) is 24.2. The smallest absolute Gasteiger partial charge is 0.225 e. The summed E-state index contributed by atoms with van der Waals surface area (Å²) in [5.74, 6) is 1.10. The van der Waals surface area contributed by atoms with Gasteiger partial charge in [-0.05, 0) is 38.8 Å². The number of rotatable bonds is 2. The van der Waals surface area contributed by atoms with Crippen LogP contribution in [0.25, 0.3) is 0 Å². The Bertz CT molecular complexity index is 361. The highest BCUT2D eigenvalue weighted by Gasteiger charge is 2.32. The van der Waals surface area contributed by atoms with E-state index >= 15 is 0 Å². The first-order valence-electron chi connectivity index (χ1n) is 9.04. The van der Waals surface area contributed by atoms with Crippen LogP contribution in [0.2, 0.25) is 0 Å². The molecule has 2 heterocycles. The molecule has 0 bridgehead atoms. The Balaban J connectivity index is 0.00000192. The van der Waals surface area contributed by atoms with Crippen LogP contribution in [0, 0.1) is 11.8 Å². The molecule has 23 heavy (non-hydrogen) atoms. The van der Waals surface area contributed by atoms with E-state index in [-0.39, 0.29) is 24.2 Å². The number of piperidine rings is 1. The standard InChI is InChI=1S/C17H29N3O2.ClH/c21-16(14-4-2-1-3-5-14)19-10-12-20(13-11-19)17(22)15-6-8-18-9-7-15;/h14-15,18H,1-13H2;1H. The van der Waals surface area contributed by atoms with Gasteiger partial charge in [-0.1, -0.05) is 19.3 Å². The zero-order chi connectivity index (χ0) is 15.4. The highest BCUT2D eigenvalue weighted by atomic mass is 35.5. The Labute approximate surface area is 145 Å². The number of hydrogen-bond donors (Lipinski definition) is 1. The molecule has 3 fully saturated rings. The largest absolute Gasteiger partial charge is 0.339 e. The highest BCUT2D eigenvalue weighted by Crippen LogP contribution is 2.26. The summed E-state index contributed by atoms with van der Waals surface area (Å²) in [5, 5.41) is 3.31. The van der Waals surface area contributed by atoms with Crippen molar-refractivity contribution in [1.29, 1.82) is 0 Å². The van der Waals surface area contributed by atoms with Crippen molar-refractivity contribution in [2.24, 2.45) is 11.8 Å². The molecule has 132 valence electrons. The van der Waals surface area contributed by atoms with Crippen LogP contribution in [0.4, 0.5) is 0 Å². The number of hydrogen-bond acceptors (Lipinski definition) is 3. The number of amides is 2. The van der Waals surface area contributed by atoms with Crippen LogP contribution in [0.3, 0.4) is 0 Å². The maximum atomic E-state index is 12.5. The van der Waals surface area contributed by atoms with Gasteiger partial charge >= 0.3 is 0 Å². The molecule has 2 saturated heterocycles. The fraction of sp³-hybridized carbons (Fsp3) is 0.882. The molecule has 0 atom stereocenters. The van der Waals surface area contributed by atoms with E-state index < -0.39 is 0 Å². The molecule has 3 aliphatic rings. The lowest BCUT2D eigenvalue weighted by molar-refractivity contribution is -0.145. The van der Waals surface area contributed by atoms with E-state index in [1.807, 2.05) is 9.80 Å². The Hall–Kier alpha value is -0.810. The van der Waals surface area contributed by atoms with Crippen molar-refractivity contribution < 1.29 is 9.59 Å². The van der Waals surface area contributed by atoms with Crippen molar-refractivity contribution in [2.75, 3.05) is 39.3 Å². The van der Waals surface area contributed by atoms with E-state index in [2.05, 4.69) is 5.32 Å². The lowest BCUT2D eigenvalue weighted by Gasteiger charge is -2.38. The maximum Gasteiger partial charge on any atom is 0.225 e. The van der Waals surface area contributed by atoms with Crippen molar-refractivity contribution in [3.63, 3.8) is 0 Å². The first-order valence-corrected chi connectivity index (χ1v) is 9.04. The van der Waals surface area contributed by atoms with Gasteiger partial charge in [0.1, 0.15) is 0 Å². The summed E-state index contributed by atoms with van der Waals surface area (Å²) in [7, 11) is 0. The molecule has 0 aromatic heterocycles. The van der Waals surface area contributed by atoms with Crippen LogP contribution in [-0.4, -0.2) is 60.9 Å². The minimum absolute atomic E-state index is 0. The van der Waals surface area contributed by atoms with Gasteiger partial charge in [0.25, 0.3) is 0 Å². The predicted octanol–water partition coefficient (Wildman–Crippen LogP) is 1.66. The lowest BCUT2D eigenvalue weighted by atomic mass is 9.88. The van der Waals surface area contributed by atoms with Gasteiger partial charge < -0.3 is 15.1 Å². The van der Waals surface area contributed by atoms with Crippen LogP contribution in [-0.2, 0) is 9.59 Å². The summed E-state index contributed by atoms with van der Waals surface area (Å²) in [4.78, 5) is 29.1. The second kappa shape index (κ2) is 8.88. The van der Waals surface area contributed by atoms with Gasteiger partial charge in [0.05, 0.1) is 0 Å². The van der Waals surface area contributed by atoms with Gasteiger partial charge in [0, 0.05) is 38.0 Å². The van der Waals surface area contributed by atoms with E-state index in [9.17, 15) is 9.59 Å². The molecule has 5 nitrogen and oxygen atoms in total. The minimum atomic E-state index is 0. The first kappa shape index (κ1) is 18.5. The molecule has 0 aromatic carbocycles. The summed E-state index contributed by atoms with van der Waals surface area (Å²) in [6.07, 6.45) is 7.72. The van der Waals surface area contributed by atoms with Gasteiger partial charge in [-0.15, -0.1) is 12.4 Å². The molecule has 1 aliphatic carbocycles. The van der Waals surface area contributed by atoms with Gasteiger partial charge in [-0.3, -0.25) is 9.59 Å². The molecule has 0 radical (unpaired) electrons. The predicted molar refractivity (Wildman–Crippen MR) is 92.6 cm³/mol. The summed E-state index contributed by atoms with van der Waals surface area (Å²) < 4.78 is 0. The summed E-state index contributed by atoms with van der Waals surface area (Å²) in [5.41, 5.74) is 0. The Morgan fingerprint density at radius 3 is 1.61 bits per heavy atom. The zero-order valence-electron chi connectivity index (χ0n) is 14.0. The molecule has 2 aliphatic heterocycles. The van der Waals surface area contributed by atoms with E-state index in [1.165, 1.54) is 19.3 Å². The second-order valence-corrected chi connectivity index (χ2v) is 7.01. The fourth-order valence-electron chi connectivity index (χ4n) is 4.08. The average Bonchev–Trinajstić information content (AvgIpc) is 2.62. The summed E-state index contributed by atoms with van der Waals surface area (Å²) in [6, 6.07) is 0. The molecule has 0 aromatic rings. The third-order valence-corrected chi connectivity index (χ3v) is 5.55. The fourth-order valence-corrected chi connectivity index (χ4v) is 4.08. The van der Waals surface area contributed by atoms with Crippen LogP contribution in [0.15, 0.2) is 0 Å². The number of halogens is 1. The quantitative estimate of drug-likeness (QED) is 0.829. The monoisotopic (exact) mass is 343 g/mol. The van der Waals surface area contributed by atoms with Crippen molar-refractivity contribution in [3.05, 3.63) is 0 Å². The van der Waals surface area contributed by atoms with Gasteiger partial charge in [0.2, 0.25) is 11.8 Å². The van der Waals surface area contributed by atoms with Crippen LogP contribution < -0.4 is 5.32 Å². The van der Waals surface area contributed by atoms with Crippen LogP contribution in [0.1, 0.15) is 44.9 Å². The number of carbonyl (C=O) groups is 2. The molecule has 1 N–H and O–H groups in total. The van der Waals surface area contributed by atoms with Crippen molar-refractivity contribution in [1.82, 2.24) is 15.1 Å². The molecular formula is C17H30ClN3O2. The molecule has 2 amide bonds. The molecule has 1 saturated carbocycles. The third-order valence-electron chi connectivity index (χ3n) is 5.55. The molecule has 0 spiro atoms. The van der Waals surface area contributed by atoms with Crippen molar-refractivity contribution >= 4 is 24.2 Å². The van der Waals surface area contributed by atoms with Crippen LogP contribution >= 0.6 is 12.4 Å². The van der Waals surface area contributed by atoms with E-state index in [4.69, 9.17) is 0 Å². The molecule has 6 heteroatoms. The van der Waals surface area contributed by atoms with Crippen LogP contribution in [0.5, 0.6) is 0 Å². The first-order chi connectivity index (χ1) is 10.8. The summed E-state index contributed by atoms with van der Waals surface area (Å²) >= 11 is 0. The average molecular weight is 344 g/mol. The Morgan fingerprint density at radius 2 is 1.13 bits per heavy atom. The van der Waals surface area contributed by atoms with Gasteiger partial charge in [0.15, 0.2) is 0 Å². The van der Waals surface area contributed by atoms with Crippen molar-refractivity contribution in [2.45, 2.75) is 44.9 Å². The van der Waals surface area contributed by atoms with E-state index in [0.717, 1.165) is 65.0 Å². The number of piperazine rings is 1. The van der Waals surface area contributed by atoms with E-state index in [1.54, 1.807) is 0 Å². The number of carbonyl (C=O) groups excluding carboxylic acids is 2. The lowest BCUT2D eigenvalue weighted by Crippen LogP contribution is -2.53. The Kier molecular flexibility index (Phi) is 7.15. The maximum absolute atomic E-state index is 12.5. The highest BCUT2D eigenvalue weighted by molar-refractivity contribution is 5.85. The summed E-state index contributed by atoms with van der Waals surface area (Å²) in [6.45, 7) is 4.81. The Morgan fingerprint density at radius 1 is 0.696 bits per heavy atom. The SMILES string of the molecule is Cl.O=C(C1CCCCC1)N1CCN(C(=O)C2CCNCC2)CC1. The van der Waals surface area contributed by atoms with Crippen molar-refractivity contribution in [3.8, 4) is 0 Å². The second-order valence-electron chi connectivity index (χ2n) is 7.01. The molecular weight excluding hydrogens is 314 g/mol. The zero-order valence-corrected chi connectivity index (χ0v) is 14.8. The topological polar surface area (TPSA) is 52.7 Å². The molecule has 3 rings (SSSR count). The molecule has 0 unspecified atom stereocenters. The van der Waals surface area contributed by atoms with E-state index in [0.29, 0.717) is 11.8 Å². The van der Waals surface area contributed by atoms with Gasteiger partial charge in [-0.25, -0.2) is 0 Å². The minimum Gasteiger partial charge on any atom is -0.339 e. The van der Waals surface area contributed by atoms with Gasteiger partial charge in [-0.2, -0.15) is 0 Å². The number of nitrogens with one attached hydrogen (secondary N) is 1. The number of nitrogens with zero attached hydrogens (tertiary/aromatic N) is 2.